The molecule has 0 radical (unpaired) electrons. The van der Waals surface area contributed by atoms with E-state index in [1.807, 2.05) is 13.0 Å². The van der Waals surface area contributed by atoms with E-state index >= 15 is 0 Å². The molecular formula is C10H16N2O2S. The van der Waals surface area contributed by atoms with Crippen molar-refractivity contribution in [3.05, 3.63) is 29.8 Å². The Labute approximate surface area is 90.8 Å². The fourth-order valence-corrected chi connectivity index (χ4v) is 2.55. The summed E-state index contributed by atoms with van der Waals surface area (Å²) in [6.07, 6.45) is 0. The third-order valence-corrected chi connectivity index (χ3v) is 3.99. The Balaban J connectivity index is 3.06. The van der Waals surface area contributed by atoms with E-state index in [0.717, 1.165) is 5.56 Å². The maximum Gasteiger partial charge on any atom is 0.242 e. The number of aryl methyl sites for hydroxylation is 1. The lowest BCUT2D eigenvalue weighted by atomic mass is 10.2. The zero-order valence-electron chi connectivity index (χ0n) is 8.97. The minimum absolute atomic E-state index is 0.318. The van der Waals surface area contributed by atoms with Crippen molar-refractivity contribution in [3.8, 4) is 0 Å². The molecular weight excluding hydrogens is 212 g/mol. The number of hydrogen-bond donors (Lipinski definition) is 1. The molecule has 0 aliphatic rings. The highest BCUT2D eigenvalue weighted by molar-refractivity contribution is 7.89. The van der Waals surface area contributed by atoms with Crippen LogP contribution in [0.3, 0.4) is 0 Å². The third-order valence-electron chi connectivity index (χ3n) is 2.14. The van der Waals surface area contributed by atoms with Gasteiger partial charge in [0.15, 0.2) is 0 Å². The van der Waals surface area contributed by atoms with E-state index in [1.165, 1.54) is 11.4 Å². The molecule has 0 bridgehead atoms. The van der Waals surface area contributed by atoms with E-state index in [1.54, 1.807) is 18.2 Å². The maximum atomic E-state index is 11.9. The van der Waals surface area contributed by atoms with Crippen LogP contribution in [-0.4, -0.2) is 32.9 Å². The molecule has 1 aromatic rings. The van der Waals surface area contributed by atoms with Crippen molar-refractivity contribution in [3.63, 3.8) is 0 Å². The second-order valence-electron chi connectivity index (χ2n) is 3.43. The molecule has 15 heavy (non-hydrogen) atoms. The second kappa shape index (κ2) is 4.74. The lowest BCUT2D eigenvalue weighted by molar-refractivity contribution is 0.476. The van der Waals surface area contributed by atoms with Crippen molar-refractivity contribution >= 4 is 10.0 Å². The summed E-state index contributed by atoms with van der Waals surface area (Å²) in [5, 5.41) is 0. The smallest absolute Gasteiger partial charge is 0.242 e. The van der Waals surface area contributed by atoms with Gasteiger partial charge in [-0.3, -0.25) is 0 Å². The molecule has 0 aliphatic carbocycles. The van der Waals surface area contributed by atoms with Crippen LogP contribution >= 0.6 is 0 Å². The molecule has 0 heterocycles. The molecule has 2 N–H and O–H groups in total. The zero-order chi connectivity index (χ0) is 11.5. The summed E-state index contributed by atoms with van der Waals surface area (Å²) in [5.41, 5.74) is 6.26. The van der Waals surface area contributed by atoms with Gasteiger partial charge in [-0.25, -0.2) is 8.42 Å². The molecule has 0 aliphatic heterocycles. The molecule has 0 amide bonds. The number of sulfonamides is 1. The topological polar surface area (TPSA) is 63.4 Å². The van der Waals surface area contributed by atoms with Crippen LogP contribution in [-0.2, 0) is 10.0 Å². The summed E-state index contributed by atoms with van der Waals surface area (Å²) >= 11 is 0. The van der Waals surface area contributed by atoms with Gasteiger partial charge in [0, 0.05) is 20.1 Å². The molecule has 0 saturated carbocycles. The van der Waals surface area contributed by atoms with Crippen LogP contribution in [0, 0.1) is 6.92 Å². The standard InChI is InChI=1S/C10H16N2O2S/c1-9-4-3-5-10(8-9)15(13,14)12(2)7-6-11/h3-5,8H,6-7,11H2,1-2H3. The fraction of sp³-hybridized carbons (Fsp3) is 0.400. The number of likely N-dealkylation sites (N-methyl/N-ethyl adjacent to an activating group) is 1. The van der Waals surface area contributed by atoms with Gasteiger partial charge < -0.3 is 5.73 Å². The Morgan fingerprint density at radius 1 is 1.40 bits per heavy atom. The molecule has 5 heteroatoms. The third kappa shape index (κ3) is 2.77. The van der Waals surface area contributed by atoms with Gasteiger partial charge in [-0.05, 0) is 24.6 Å². The zero-order valence-corrected chi connectivity index (χ0v) is 9.79. The normalized spacial score (nSPS) is 12.0. The van der Waals surface area contributed by atoms with Gasteiger partial charge in [-0.15, -0.1) is 0 Å². The van der Waals surface area contributed by atoms with Crippen molar-refractivity contribution in [1.82, 2.24) is 4.31 Å². The summed E-state index contributed by atoms with van der Waals surface area (Å²) in [5.74, 6) is 0. The van der Waals surface area contributed by atoms with Crippen LogP contribution in [0.4, 0.5) is 0 Å². The van der Waals surface area contributed by atoms with E-state index in [2.05, 4.69) is 0 Å². The highest BCUT2D eigenvalue weighted by Crippen LogP contribution is 2.14. The van der Waals surface area contributed by atoms with Crippen molar-refractivity contribution in [2.24, 2.45) is 5.73 Å². The predicted molar refractivity (Wildman–Crippen MR) is 60.0 cm³/mol. The van der Waals surface area contributed by atoms with Gasteiger partial charge in [0.25, 0.3) is 0 Å². The highest BCUT2D eigenvalue weighted by atomic mass is 32.2. The van der Waals surface area contributed by atoms with Gasteiger partial charge in [0.2, 0.25) is 10.0 Å². The van der Waals surface area contributed by atoms with Crippen molar-refractivity contribution in [2.45, 2.75) is 11.8 Å². The lowest BCUT2D eigenvalue weighted by Crippen LogP contribution is -2.31. The summed E-state index contributed by atoms with van der Waals surface area (Å²) < 4.78 is 25.2. The van der Waals surface area contributed by atoms with Gasteiger partial charge >= 0.3 is 0 Å². The van der Waals surface area contributed by atoms with Gasteiger partial charge in [0.05, 0.1) is 4.90 Å². The first kappa shape index (κ1) is 12.2. The van der Waals surface area contributed by atoms with Crippen LogP contribution in [0.1, 0.15) is 5.56 Å². The number of rotatable bonds is 4. The Morgan fingerprint density at radius 3 is 2.60 bits per heavy atom. The number of nitrogens with two attached hydrogens (primary N) is 1. The van der Waals surface area contributed by atoms with Crippen LogP contribution in [0.25, 0.3) is 0 Å². The Kier molecular flexibility index (Phi) is 3.84. The van der Waals surface area contributed by atoms with Gasteiger partial charge in [-0.1, -0.05) is 12.1 Å². The summed E-state index contributed by atoms with van der Waals surface area (Å²) in [6.45, 7) is 2.51. The Bertz CT molecular complexity index is 429. The van der Waals surface area contributed by atoms with E-state index in [9.17, 15) is 8.42 Å². The highest BCUT2D eigenvalue weighted by Gasteiger charge is 2.19. The molecule has 0 atom stereocenters. The summed E-state index contributed by atoms with van der Waals surface area (Å²) in [7, 11) is -1.84. The molecule has 1 rings (SSSR count). The van der Waals surface area contributed by atoms with Gasteiger partial charge in [0.1, 0.15) is 0 Å². The average Bonchev–Trinajstić information content (AvgIpc) is 2.18. The quantitative estimate of drug-likeness (QED) is 0.819. The molecule has 4 nitrogen and oxygen atoms in total. The van der Waals surface area contributed by atoms with Crippen molar-refractivity contribution < 1.29 is 8.42 Å². The Hall–Kier alpha value is -0.910. The minimum Gasteiger partial charge on any atom is -0.329 e. The first-order chi connectivity index (χ1) is 6.98. The molecule has 0 unspecified atom stereocenters. The minimum atomic E-state index is -3.37. The van der Waals surface area contributed by atoms with E-state index < -0.39 is 10.0 Å². The fourth-order valence-electron chi connectivity index (χ4n) is 1.26. The molecule has 0 aromatic heterocycles. The molecule has 0 saturated heterocycles. The molecule has 84 valence electrons. The van der Waals surface area contributed by atoms with Crippen LogP contribution in [0.15, 0.2) is 29.2 Å². The van der Waals surface area contributed by atoms with Gasteiger partial charge in [-0.2, -0.15) is 4.31 Å². The van der Waals surface area contributed by atoms with E-state index in [-0.39, 0.29) is 0 Å². The van der Waals surface area contributed by atoms with Crippen LogP contribution in [0.2, 0.25) is 0 Å². The molecule has 0 fully saturated rings. The SMILES string of the molecule is Cc1cccc(S(=O)(=O)N(C)CCN)c1. The van der Waals surface area contributed by atoms with E-state index in [0.29, 0.717) is 18.0 Å². The summed E-state index contributed by atoms with van der Waals surface area (Å²) in [4.78, 5) is 0.318. The number of hydrogen-bond acceptors (Lipinski definition) is 3. The second-order valence-corrected chi connectivity index (χ2v) is 5.48. The summed E-state index contributed by atoms with van der Waals surface area (Å²) in [6, 6.07) is 6.85. The number of nitrogens with zero attached hydrogens (tertiary/aromatic N) is 1. The predicted octanol–water partition coefficient (Wildman–Crippen LogP) is 0.574. The largest absolute Gasteiger partial charge is 0.329 e. The average molecular weight is 228 g/mol. The lowest BCUT2D eigenvalue weighted by Gasteiger charge is -2.16. The maximum absolute atomic E-state index is 11.9. The monoisotopic (exact) mass is 228 g/mol. The van der Waals surface area contributed by atoms with Crippen LogP contribution < -0.4 is 5.73 Å². The van der Waals surface area contributed by atoms with Crippen LogP contribution in [0.5, 0.6) is 0 Å². The van der Waals surface area contributed by atoms with Crippen molar-refractivity contribution in [2.75, 3.05) is 20.1 Å². The van der Waals surface area contributed by atoms with E-state index in [4.69, 9.17) is 5.73 Å². The first-order valence-electron chi connectivity index (χ1n) is 4.71. The van der Waals surface area contributed by atoms with Crippen molar-refractivity contribution in [1.29, 1.82) is 0 Å². The molecule has 0 spiro atoms. The number of benzene rings is 1. The Morgan fingerprint density at radius 2 is 2.07 bits per heavy atom. The molecule has 1 aromatic carbocycles. The first-order valence-corrected chi connectivity index (χ1v) is 6.15.